The molecule has 2 atom stereocenters. The fourth-order valence-electron chi connectivity index (χ4n) is 3.81. The van der Waals surface area contributed by atoms with E-state index in [1.54, 1.807) is 7.11 Å². The van der Waals surface area contributed by atoms with Crippen LogP contribution < -0.4 is 14.5 Å². The van der Waals surface area contributed by atoms with E-state index in [0.29, 0.717) is 19.1 Å². The fraction of sp³-hybridized carbons (Fsp3) is 0.478. The molecule has 0 aromatic heterocycles. The van der Waals surface area contributed by atoms with Crippen LogP contribution in [-0.2, 0) is 4.74 Å². The zero-order valence-corrected chi connectivity index (χ0v) is 17.0. The second-order valence-corrected chi connectivity index (χ2v) is 7.62. The van der Waals surface area contributed by atoms with E-state index in [4.69, 9.17) is 9.47 Å². The Morgan fingerprint density at radius 1 is 1.00 bits per heavy atom. The Morgan fingerprint density at radius 3 is 2.39 bits per heavy atom. The van der Waals surface area contributed by atoms with E-state index in [1.165, 1.54) is 10.5 Å². The number of quaternary nitrogens is 1. The molecule has 5 nitrogen and oxygen atoms in total. The van der Waals surface area contributed by atoms with E-state index in [2.05, 4.69) is 48.2 Å². The van der Waals surface area contributed by atoms with Crippen LogP contribution >= 0.6 is 0 Å². The van der Waals surface area contributed by atoms with Crippen molar-refractivity contribution in [3.8, 4) is 5.75 Å². The van der Waals surface area contributed by atoms with Crippen LogP contribution in [0.15, 0.2) is 54.6 Å². The maximum Gasteiger partial charge on any atom is 0.142 e. The third kappa shape index (κ3) is 5.71. The van der Waals surface area contributed by atoms with Crippen LogP contribution in [-0.4, -0.2) is 64.3 Å². The van der Waals surface area contributed by atoms with E-state index < -0.39 is 6.10 Å². The summed E-state index contributed by atoms with van der Waals surface area (Å²) >= 11 is 0. The number of nitrogens with zero attached hydrogens (tertiary/aromatic N) is 1. The van der Waals surface area contributed by atoms with Crippen molar-refractivity contribution >= 4 is 5.69 Å². The summed E-state index contributed by atoms with van der Waals surface area (Å²) in [6, 6.07) is 18.5. The van der Waals surface area contributed by atoms with Gasteiger partial charge in [-0.05, 0) is 17.7 Å². The van der Waals surface area contributed by atoms with Crippen molar-refractivity contribution in [2.75, 3.05) is 57.9 Å². The summed E-state index contributed by atoms with van der Waals surface area (Å²) < 4.78 is 11.3. The van der Waals surface area contributed by atoms with E-state index in [0.717, 1.165) is 44.2 Å². The number of para-hydroxylation sites is 2. The van der Waals surface area contributed by atoms with Crippen LogP contribution in [0.2, 0.25) is 0 Å². The van der Waals surface area contributed by atoms with Gasteiger partial charge >= 0.3 is 0 Å². The third-order valence-corrected chi connectivity index (χ3v) is 5.47. The number of anilines is 1. The van der Waals surface area contributed by atoms with Gasteiger partial charge in [-0.25, -0.2) is 0 Å². The van der Waals surface area contributed by atoms with Crippen LogP contribution in [0.1, 0.15) is 18.4 Å². The second-order valence-electron chi connectivity index (χ2n) is 7.62. The van der Waals surface area contributed by atoms with Crippen LogP contribution in [0.4, 0.5) is 5.69 Å². The molecule has 0 bridgehead atoms. The minimum atomic E-state index is -0.421. The molecule has 0 aliphatic carbocycles. The quantitative estimate of drug-likeness (QED) is 0.688. The Labute approximate surface area is 168 Å². The largest absolute Gasteiger partial charge is 0.495 e. The number of benzene rings is 2. The number of hydrogen-bond donors (Lipinski definition) is 2. The molecule has 28 heavy (non-hydrogen) atoms. The van der Waals surface area contributed by atoms with Gasteiger partial charge in [-0.3, -0.25) is 0 Å². The number of aliphatic hydroxyl groups excluding tert-OH is 1. The lowest BCUT2D eigenvalue weighted by Crippen LogP contribution is -3.16. The molecule has 1 aliphatic heterocycles. The lowest BCUT2D eigenvalue weighted by Gasteiger charge is -2.35. The first-order valence-electron chi connectivity index (χ1n) is 10.2. The van der Waals surface area contributed by atoms with Gasteiger partial charge in [0.1, 0.15) is 18.4 Å². The average molecular weight is 386 g/mol. The molecule has 152 valence electrons. The first kappa shape index (κ1) is 20.6. The van der Waals surface area contributed by atoms with Crippen LogP contribution in [0, 0.1) is 0 Å². The molecule has 1 saturated heterocycles. The SMILES string of the molecule is COc1ccccc1N1CC[NH+](C[C@@H](O)COC[C@@H](C)c2ccccc2)CC1. The summed E-state index contributed by atoms with van der Waals surface area (Å²) in [6.07, 6.45) is -0.421. The Hall–Kier alpha value is -2.08. The Balaban J connectivity index is 1.37. The molecule has 1 fully saturated rings. The molecule has 0 spiro atoms. The smallest absolute Gasteiger partial charge is 0.142 e. The van der Waals surface area contributed by atoms with E-state index in [9.17, 15) is 5.11 Å². The maximum atomic E-state index is 10.4. The highest BCUT2D eigenvalue weighted by molar-refractivity contribution is 5.58. The second kappa shape index (κ2) is 10.5. The lowest BCUT2D eigenvalue weighted by atomic mass is 10.0. The highest BCUT2D eigenvalue weighted by Crippen LogP contribution is 2.27. The van der Waals surface area contributed by atoms with E-state index in [-0.39, 0.29) is 0 Å². The van der Waals surface area contributed by atoms with E-state index in [1.807, 2.05) is 18.2 Å². The van der Waals surface area contributed by atoms with Crippen molar-refractivity contribution in [2.24, 2.45) is 0 Å². The van der Waals surface area contributed by atoms with Gasteiger partial charge in [0.25, 0.3) is 0 Å². The topological polar surface area (TPSA) is 46.4 Å². The number of hydrogen-bond acceptors (Lipinski definition) is 4. The molecule has 2 aromatic rings. The van der Waals surface area contributed by atoms with Crippen molar-refractivity contribution in [3.05, 3.63) is 60.2 Å². The van der Waals surface area contributed by atoms with E-state index >= 15 is 0 Å². The molecule has 0 unspecified atom stereocenters. The molecule has 2 N–H and O–H groups in total. The predicted molar refractivity (Wildman–Crippen MR) is 112 cm³/mol. The van der Waals surface area contributed by atoms with Crippen LogP contribution in [0.25, 0.3) is 0 Å². The molecular weight excluding hydrogens is 352 g/mol. The number of rotatable bonds is 9. The Kier molecular flexibility index (Phi) is 7.71. The van der Waals surface area contributed by atoms with Gasteiger partial charge in [0.05, 0.1) is 52.2 Å². The predicted octanol–water partition coefficient (Wildman–Crippen LogP) is 1.58. The minimum absolute atomic E-state index is 0.338. The van der Waals surface area contributed by atoms with Crippen molar-refractivity contribution in [3.63, 3.8) is 0 Å². The number of piperazine rings is 1. The maximum absolute atomic E-state index is 10.4. The Bertz CT molecular complexity index is 702. The first-order chi connectivity index (χ1) is 13.7. The van der Waals surface area contributed by atoms with Gasteiger partial charge in [0.15, 0.2) is 0 Å². The molecule has 1 heterocycles. The molecule has 0 radical (unpaired) electrons. The molecule has 0 saturated carbocycles. The Morgan fingerprint density at radius 2 is 1.68 bits per heavy atom. The molecule has 5 heteroatoms. The molecule has 3 rings (SSSR count). The summed E-state index contributed by atoms with van der Waals surface area (Å²) in [5.74, 6) is 1.26. The van der Waals surface area contributed by atoms with Gasteiger partial charge in [0, 0.05) is 5.92 Å². The van der Waals surface area contributed by atoms with Crippen molar-refractivity contribution < 1.29 is 19.5 Å². The first-order valence-corrected chi connectivity index (χ1v) is 10.2. The molecule has 0 amide bonds. The highest BCUT2D eigenvalue weighted by atomic mass is 16.5. The number of ether oxygens (including phenoxy) is 2. The van der Waals surface area contributed by atoms with Gasteiger partial charge in [-0.2, -0.15) is 0 Å². The summed E-state index contributed by atoms with van der Waals surface area (Å²) in [7, 11) is 1.72. The van der Waals surface area contributed by atoms with Gasteiger partial charge < -0.3 is 24.4 Å². The minimum Gasteiger partial charge on any atom is -0.495 e. The normalized spacial score (nSPS) is 17.3. The van der Waals surface area contributed by atoms with Crippen molar-refractivity contribution in [1.29, 1.82) is 0 Å². The zero-order valence-electron chi connectivity index (χ0n) is 17.0. The third-order valence-electron chi connectivity index (χ3n) is 5.47. The summed E-state index contributed by atoms with van der Waals surface area (Å²) in [5.41, 5.74) is 2.43. The standard InChI is InChI=1S/C23H32N2O3/c1-19(20-8-4-3-5-9-20)17-28-18-21(26)16-24-12-14-25(15-13-24)22-10-6-7-11-23(22)27-2/h3-11,19,21,26H,12-18H2,1-2H3/p+1/t19-,21-/m1/s1. The van der Waals surface area contributed by atoms with Crippen LogP contribution in [0.5, 0.6) is 5.75 Å². The zero-order chi connectivity index (χ0) is 19.8. The number of methoxy groups -OCH3 is 1. The van der Waals surface area contributed by atoms with Crippen LogP contribution in [0.3, 0.4) is 0 Å². The fourth-order valence-corrected chi connectivity index (χ4v) is 3.81. The summed E-state index contributed by atoms with van der Waals surface area (Å²) in [6.45, 7) is 7.88. The molecular formula is C23H33N2O3+. The summed E-state index contributed by atoms with van der Waals surface area (Å²) in [4.78, 5) is 3.80. The number of aliphatic hydroxyl groups is 1. The van der Waals surface area contributed by atoms with Gasteiger partial charge in [0.2, 0.25) is 0 Å². The lowest BCUT2D eigenvalue weighted by molar-refractivity contribution is -0.903. The monoisotopic (exact) mass is 385 g/mol. The summed E-state index contributed by atoms with van der Waals surface area (Å²) in [5, 5.41) is 10.4. The van der Waals surface area contributed by atoms with Crippen molar-refractivity contribution in [1.82, 2.24) is 0 Å². The van der Waals surface area contributed by atoms with Gasteiger partial charge in [-0.15, -0.1) is 0 Å². The van der Waals surface area contributed by atoms with Gasteiger partial charge in [-0.1, -0.05) is 49.4 Å². The molecule has 2 aromatic carbocycles. The van der Waals surface area contributed by atoms with Crippen molar-refractivity contribution in [2.45, 2.75) is 18.9 Å². The average Bonchev–Trinajstić information content (AvgIpc) is 2.75. The number of nitrogens with one attached hydrogen (secondary N) is 1. The highest BCUT2D eigenvalue weighted by Gasteiger charge is 2.24. The molecule has 1 aliphatic rings.